The fraction of sp³-hybridized carbons (Fsp3) is 0.538. The van der Waals surface area contributed by atoms with Gasteiger partial charge in [-0.1, -0.05) is 6.07 Å². The van der Waals surface area contributed by atoms with Crippen molar-refractivity contribution in [1.29, 1.82) is 0 Å². The Bertz CT molecular complexity index is 341. The molecular weight excluding hydrogens is 218 g/mol. The molecule has 0 saturated heterocycles. The van der Waals surface area contributed by atoms with Crippen LogP contribution in [0.25, 0.3) is 0 Å². The molecule has 0 radical (unpaired) electrons. The SMILES string of the molecule is COc1ccc(C(C)NCCCO)cc1OC. The van der Waals surface area contributed by atoms with E-state index in [-0.39, 0.29) is 12.6 Å². The summed E-state index contributed by atoms with van der Waals surface area (Å²) >= 11 is 0. The van der Waals surface area contributed by atoms with Crippen molar-refractivity contribution in [2.45, 2.75) is 19.4 Å². The van der Waals surface area contributed by atoms with Gasteiger partial charge in [-0.3, -0.25) is 0 Å². The average Bonchev–Trinajstić information content (AvgIpc) is 2.38. The first-order chi connectivity index (χ1) is 8.22. The summed E-state index contributed by atoms with van der Waals surface area (Å²) in [6.45, 7) is 3.09. The van der Waals surface area contributed by atoms with Crippen molar-refractivity contribution in [2.24, 2.45) is 0 Å². The molecule has 2 N–H and O–H groups in total. The van der Waals surface area contributed by atoms with Crippen LogP contribution < -0.4 is 14.8 Å². The minimum Gasteiger partial charge on any atom is -0.493 e. The Labute approximate surface area is 103 Å². The highest BCUT2D eigenvalue weighted by atomic mass is 16.5. The highest BCUT2D eigenvalue weighted by molar-refractivity contribution is 5.43. The summed E-state index contributed by atoms with van der Waals surface area (Å²) in [5, 5.41) is 12.1. The third-order valence-electron chi connectivity index (χ3n) is 2.69. The third kappa shape index (κ3) is 3.91. The Balaban J connectivity index is 2.70. The fourth-order valence-corrected chi connectivity index (χ4v) is 1.64. The normalized spacial score (nSPS) is 12.2. The van der Waals surface area contributed by atoms with E-state index in [2.05, 4.69) is 12.2 Å². The maximum atomic E-state index is 8.72. The molecule has 0 aliphatic heterocycles. The van der Waals surface area contributed by atoms with E-state index in [4.69, 9.17) is 14.6 Å². The molecule has 4 nitrogen and oxygen atoms in total. The van der Waals surface area contributed by atoms with E-state index in [9.17, 15) is 0 Å². The summed E-state index contributed by atoms with van der Waals surface area (Å²) in [4.78, 5) is 0. The number of methoxy groups -OCH3 is 2. The Kier molecular flexibility index (Phi) is 5.80. The monoisotopic (exact) mass is 239 g/mol. The first-order valence-electron chi connectivity index (χ1n) is 5.79. The average molecular weight is 239 g/mol. The predicted molar refractivity (Wildman–Crippen MR) is 67.7 cm³/mol. The van der Waals surface area contributed by atoms with Gasteiger partial charge >= 0.3 is 0 Å². The van der Waals surface area contributed by atoms with Gasteiger partial charge in [-0.25, -0.2) is 0 Å². The fourth-order valence-electron chi connectivity index (χ4n) is 1.64. The number of aliphatic hydroxyl groups excluding tert-OH is 1. The van der Waals surface area contributed by atoms with E-state index in [1.807, 2.05) is 18.2 Å². The molecule has 0 saturated carbocycles. The van der Waals surface area contributed by atoms with Gasteiger partial charge in [0.05, 0.1) is 14.2 Å². The van der Waals surface area contributed by atoms with Gasteiger partial charge in [0.25, 0.3) is 0 Å². The van der Waals surface area contributed by atoms with Crippen molar-refractivity contribution in [3.05, 3.63) is 23.8 Å². The van der Waals surface area contributed by atoms with E-state index in [1.165, 1.54) is 0 Å². The lowest BCUT2D eigenvalue weighted by atomic mass is 10.1. The van der Waals surface area contributed by atoms with Crippen molar-refractivity contribution in [1.82, 2.24) is 5.32 Å². The van der Waals surface area contributed by atoms with Crippen LogP contribution in [0.5, 0.6) is 11.5 Å². The smallest absolute Gasteiger partial charge is 0.161 e. The van der Waals surface area contributed by atoms with E-state index in [0.29, 0.717) is 0 Å². The molecule has 1 rings (SSSR count). The Hall–Kier alpha value is -1.26. The number of benzene rings is 1. The van der Waals surface area contributed by atoms with Gasteiger partial charge in [0.1, 0.15) is 0 Å². The van der Waals surface area contributed by atoms with Crippen LogP contribution in [0.15, 0.2) is 18.2 Å². The van der Waals surface area contributed by atoms with Crippen LogP contribution in [0.2, 0.25) is 0 Å². The number of aliphatic hydroxyl groups is 1. The first kappa shape index (κ1) is 13.8. The van der Waals surface area contributed by atoms with Crippen LogP contribution in [0, 0.1) is 0 Å². The van der Waals surface area contributed by atoms with Crippen LogP contribution in [-0.4, -0.2) is 32.5 Å². The Morgan fingerprint density at radius 3 is 2.53 bits per heavy atom. The number of ether oxygens (including phenoxy) is 2. The highest BCUT2D eigenvalue weighted by Crippen LogP contribution is 2.29. The third-order valence-corrected chi connectivity index (χ3v) is 2.69. The van der Waals surface area contributed by atoms with Gasteiger partial charge in [0, 0.05) is 12.6 Å². The summed E-state index contributed by atoms with van der Waals surface area (Å²) in [5.74, 6) is 1.47. The van der Waals surface area contributed by atoms with E-state index >= 15 is 0 Å². The van der Waals surface area contributed by atoms with Crippen molar-refractivity contribution in [2.75, 3.05) is 27.4 Å². The van der Waals surface area contributed by atoms with Crippen LogP contribution in [0.3, 0.4) is 0 Å². The van der Waals surface area contributed by atoms with Crippen molar-refractivity contribution < 1.29 is 14.6 Å². The molecule has 1 unspecified atom stereocenters. The van der Waals surface area contributed by atoms with Gasteiger partial charge in [-0.15, -0.1) is 0 Å². The summed E-state index contributed by atoms with van der Waals surface area (Å²) in [5.41, 5.74) is 1.14. The lowest BCUT2D eigenvalue weighted by molar-refractivity contribution is 0.284. The van der Waals surface area contributed by atoms with Crippen LogP contribution >= 0.6 is 0 Å². The molecule has 0 heterocycles. The summed E-state index contributed by atoms with van der Waals surface area (Å²) in [6.07, 6.45) is 0.762. The molecule has 1 atom stereocenters. The maximum absolute atomic E-state index is 8.72. The van der Waals surface area contributed by atoms with Crippen molar-refractivity contribution >= 4 is 0 Å². The number of nitrogens with one attached hydrogen (secondary N) is 1. The van der Waals surface area contributed by atoms with Crippen molar-refractivity contribution in [3.8, 4) is 11.5 Å². The molecule has 0 amide bonds. The van der Waals surface area contributed by atoms with Gasteiger partial charge in [0.15, 0.2) is 11.5 Å². The largest absolute Gasteiger partial charge is 0.493 e. The molecule has 1 aromatic rings. The first-order valence-corrected chi connectivity index (χ1v) is 5.79. The lowest BCUT2D eigenvalue weighted by Crippen LogP contribution is -2.20. The number of hydrogen-bond donors (Lipinski definition) is 2. The number of hydrogen-bond acceptors (Lipinski definition) is 4. The van der Waals surface area contributed by atoms with Crippen molar-refractivity contribution in [3.63, 3.8) is 0 Å². The zero-order valence-electron chi connectivity index (χ0n) is 10.7. The van der Waals surface area contributed by atoms with Crippen LogP contribution in [0.1, 0.15) is 24.9 Å². The quantitative estimate of drug-likeness (QED) is 0.712. The number of rotatable bonds is 7. The summed E-state index contributed by atoms with van der Waals surface area (Å²) in [6, 6.07) is 6.10. The molecule has 0 spiro atoms. The molecule has 17 heavy (non-hydrogen) atoms. The van der Waals surface area contributed by atoms with Gasteiger partial charge in [0.2, 0.25) is 0 Å². The van der Waals surface area contributed by atoms with E-state index in [0.717, 1.165) is 30.0 Å². The van der Waals surface area contributed by atoms with E-state index < -0.39 is 0 Å². The molecule has 4 heteroatoms. The topological polar surface area (TPSA) is 50.7 Å². The molecule has 0 aliphatic rings. The molecule has 0 aromatic heterocycles. The van der Waals surface area contributed by atoms with Crippen LogP contribution in [-0.2, 0) is 0 Å². The molecular formula is C13H21NO3. The second-order valence-corrected chi connectivity index (χ2v) is 3.87. The maximum Gasteiger partial charge on any atom is 0.161 e. The Morgan fingerprint density at radius 2 is 1.94 bits per heavy atom. The predicted octanol–water partition coefficient (Wildman–Crippen LogP) is 1.74. The summed E-state index contributed by atoms with van der Waals surface area (Å²) < 4.78 is 10.5. The Morgan fingerprint density at radius 1 is 1.24 bits per heavy atom. The lowest BCUT2D eigenvalue weighted by Gasteiger charge is -2.16. The molecule has 0 bridgehead atoms. The van der Waals surface area contributed by atoms with Gasteiger partial charge in [-0.05, 0) is 37.6 Å². The second-order valence-electron chi connectivity index (χ2n) is 3.87. The standard InChI is InChI=1S/C13H21NO3/c1-10(14-7-4-8-15)11-5-6-12(16-2)13(9-11)17-3/h5-6,9-10,14-15H,4,7-8H2,1-3H3. The highest BCUT2D eigenvalue weighted by Gasteiger charge is 2.09. The molecule has 0 fully saturated rings. The minimum atomic E-state index is 0.214. The van der Waals surface area contributed by atoms with E-state index in [1.54, 1.807) is 14.2 Å². The molecule has 96 valence electrons. The molecule has 1 aromatic carbocycles. The zero-order valence-corrected chi connectivity index (χ0v) is 10.7. The second kappa shape index (κ2) is 7.14. The summed E-state index contributed by atoms with van der Waals surface area (Å²) in [7, 11) is 3.26. The van der Waals surface area contributed by atoms with Crippen LogP contribution in [0.4, 0.5) is 0 Å². The zero-order chi connectivity index (χ0) is 12.7. The molecule has 0 aliphatic carbocycles. The van der Waals surface area contributed by atoms with Gasteiger partial charge < -0.3 is 19.9 Å². The van der Waals surface area contributed by atoms with Gasteiger partial charge in [-0.2, -0.15) is 0 Å². The minimum absolute atomic E-state index is 0.214.